The van der Waals surface area contributed by atoms with Crippen LogP contribution in [0.25, 0.3) is 10.9 Å². The van der Waals surface area contributed by atoms with E-state index in [4.69, 9.17) is 0 Å². The van der Waals surface area contributed by atoms with Gasteiger partial charge in [-0.05, 0) is 25.0 Å². The summed E-state index contributed by atoms with van der Waals surface area (Å²) in [6.45, 7) is 4.75. The zero-order valence-electron chi connectivity index (χ0n) is 12.2. The topological polar surface area (TPSA) is 52.7 Å². The smallest absolute Gasteiger partial charge is 0.261 e. The number of rotatable bonds is 4. The fraction of sp³-hybridized carbons (Fsp3) is 0.312. The van der Waals surface area contributed by atoms with E-state index in [1.807, 2.05) is 35.9 Å². The van der Waals surface area contributed by atoms with E-state index >= 15 is 0 Å². The van der Waals surface area contributed by atoms with Gasteiger partial charge in [-0.15, -0.1) is 0 Å². The lowest BCUT2D eigenvalue weighted by atomic mass is 10.1. The Hall–Kier alpha value is -2.43. The Kier molecular flexibility index (Phi) is 3.56. The number of aromatic nitrogens is 4. The molecule has 3 aromatic rings. The van der Waals surface area contributed by atoms with E-state index in [9.17, 15) is 4.79 Å². The molecule has 21 heavy (non-hydrogen) atoms. The number of benzene rings is 1. The zero-order chi connectivity index (χ0) is 14.8. The molecule has 0 bridgehead atoms. The van der Waals surface area contributed by atoms with Crippen molar-refractivity contribution in [3.05, 3.63) is 59.2 Å². The molecule has 2 aromatic heterocycles. The van der Waals surface area contributed by atoms with Gasteiger partial charge in [-0.2, -0.15) is 0 Å². The number of hydrogen-bond donors (Lipinski definition) is 0. The minimum atomic E-state index is 0.0325. The van der Waals surface area contributed by atoms with Crippen molar-refractivity contribution in [2.75, 3.05) is 0 Å². The van der Waals surface area contributed by atoms with Gasteiger partial charge in [-0.1, -0.05) is 19.1 Å². The molecule has 108 valence electrons. The van der Waals surface area contributed by atoms with Crippen LogP contribution < -0.4 is 5.56 Å². The van der Waals surface area contributed by atoms with E-state index in [1.165, 1.54) is 0 Å². The first-order valence-electron chi connectivity index (χ1n) is 7.13. The summed E-state index contributed by atoms with van der Waals surface area (Å²) in [5.74, 6) is 0. The summed E-state index contributed by atoms with van der Waals surface area (Å²) in [7, 11) is 0. The molecular weight excluding hydrogens is 264 g/mol. The van der Waals surface area contributed by atoms with E-state index in [0.717, 1.165) is 24.0 Å². The van der Waals surface area contributed by atoms with E-state index in [-0.39, 0.29) is 11.6 Å². The maximum absolute atomic E-state index is 12.8. The summed E-state index contributed by atoms with van der Waals surface area (Å²) < 4.78 is 3.73. The number of fused-ring (bicyclic) bond motifs is 1. The molecule has 5 heteroatoms. The number of hydrogen-bond acceptors (Lipinski definition) is 3. The number of nitrogens with zero attached hydrogens (tertiary/aromatic N) is 4. The Morgan fingerprint density at radius 1 is 1.29 bits per heavy atom. The average molecular weight is 282 g/mol. The van der Waals surface area contributed by atoms with Crippen molar-refractivity contribution in [3.63, 3.8) is 0 Å². The van der Waals surface area contributed by atoms with Crippen molar-refractivity contribution in [1.82, 2.24) is 19.1 Å². The molecule has 0 fully saturated rings. The maximum Gasteiger partial charge on any atom is 0.261 e. The Morgan fingerprint density at radius 2 is 2.14 bits per heavy atom. The number of aryl methyl sites for hydroxylation is 1. The van der Waals surface area contributed by atoms with E-state index in [1.54, 1.807) is 23.4 Å². The summed E-state index contributed by atoms with van der Waals surface area (Å²) in [6.07, 6.45) is 7.95. The van der Waals surface area contributed by atoms with Gasteiger partial charge in [-0.25, -0.2) is 9.97 Å². The first-order chi connectivity index (χ1) is 10.2. The molecule has 5 nitrogen and oxygen atoms in total. The Morgan fingerprint density at radius 3 is 2.86 bits per heavy atom. The molecule has 0 saturated carbocycles. The van der Waals surface area contributed by atoms with Gasteiger partial charge in [0.1, 0.15) is 0 Å². The van der Waals surface area contributed by atoms with Crippen molar-refractivity contribution in [3.8, 4) is 0 Å². The Bertz CT molecular complexity index is 805. The quantitative estimate of drug-likeness (QED) is 0.739. The highest BCUT2D eigenvalue weighted by molar-refractivity contribution is 5.80. The minimum absolute atomic E-state index is 0.0325. The molecule has 1 unspecified atom stereocenters. The second-order valence-corrected chi connectivity index (χ2v) is 5.25. The summed E-state index contributed by atoms with van der Waals surface area (Å²) in [5.41, 5.74) is 1.76. The van der Waals surface area contributed by atoms with Crippen LogP contribution in [0, 0.1) is 6.92 Å². The molecule has 0 aliphatic heterocycles. The highest BCUT2D eigenvalue weighted by atomic mass is 16.1. The van der Waals surface area contributed by atoms with Gasteiger partial charge in [0.2, 0.25) is 0 Å². The summed E-state index contributed by atoms with van der Waals surface area (Å²) in [5, 5.41) is 0.712. The van der Waals surface area contributed by atoms with Crippen LogP contribution >= 0.6 is 0 Å². The van der Waals surface area contributed by atoms with Crippen molar-refractivity contribution < 1.29 is 0 Å². The maximum atomic E-state index is 12.8. The predicted octanol–water partition coefficient (Wildman–Crippen LogP) is 2.55. The molecule has 0 radical (unpaired) electrons. The normalized spacial score (nSPS) is 12.7. The molecule has 1 atom stereocenters. The molecule has 0 amide bonds. The standard InChI is InChI=1S/C16H18N4O/c1-3-13(9-19-8-7-17-10-19)20-11-18-14-6-4-5-12(2)15(14)16(20)21/h4-8,10-11,13H,3,9H2,1-2H3. The molecular formula is C16H18N4O. The molecule has 0 aliphatic carbocycles. The molecule has 3 rings (SSSR count). The van der Waals surface area contributed by atoms with Crippen molar-refractivity contribution in [2.45, 2.75) is 32.9 Å². The fourth-order valence-corrected chi connectivity index (χ4v) is 2.66. The second kappa shape index (κ2) is 5.52. The second-order valence-electron chi connectivity index (χ2n) is 5.25. The summed E-state index contributed by atoms with van der Waals surface area (Å²) >= 11 is 0. The molecule has 2 heterocycles. The van der Waals surface area contributed by atoms with Crippen molar-refractivity contribution >= 4 is 10.9 Å². The molecule has 1 aromatic carbocycles. The fourth-order valence-electron chi connectivity index (χ4n) is 2.66. The van der Waals surface area contributed by atoms with Crippen LogP contribution in [0.5, 0.6) is 0 Å². The van der Waals surface area contributed by atoms with Gasteiger partial charge < -0.3 is 4.57 Å². The predicted molar refractivity (Wildman–Crippen MR) is 82.3 cm³/mol. The van der Waals surface area contributed by atoms with Crippen molar-refractivity contribution in [1.29, 1.82) is 0 Å². The zero-order valence-corrected chi connectivity index (χ0v) is 12.2. The highest BCUT2D eigenvalue weighted by Crippen LogP contribution is 2.16. The van der Waals surface area contributed by atoms with Crippen LogP contribution in [0.2, 0.25) is 0 Å². The largest absolute Gasteiger partial charge is 0.335 e. The SMILES string of the molecule is CCC(Cn1ccnc1)n1cnc2cccc(C)c2c1=O. The van der Waals surface area contributed by atoms with E-state index < -0.39 is 0 Å². The van der Waals surface area contributed by atoms with Gasteiger partial charge >= 0.3 is 0 Å². The van der Waals surface area contributed by atoms with Crippen LogP contribution in [-0.4, -0.2) is 19.1 Å². The first kappa shape index (κ1) is 13.5. The third kappa shape index (κ3) is 2.46. The van der Waals surface area contributed by atoms with Crippen LogP contribution in [0.15, 0.2) is 48.0 Å². The minimum Gasteiger partial charge on any atom is -0.335 e. The molecule has 0 N–H and O–H groups in total. The van der Waals surface area contributed by atoms with Gasteiger partial charge in [0, 0.05) is 18.9 Å². The van der Waals surface area contributed by atoms with Gasteiger partial charge in [0.05, 0.1) is 29.6 Å². The molecule has 0 spiro atoms. The van der Waals surface area contributed by atoms with E-state index in [2.05, 4.69) is 16.9 Å². The lowest BCUT2D eigenvalue weighted by molar-refractivity contribution is 0.406. The van der Waals surface area contributed by atoms with Gasteiger partial charge in [0.15, 0.2) is 0 Å². The third-order valence-corrected chi connectivity index (χ3v) is 3.87. The lowest BCUT2D eigenvalue weighted by Gasteiger charge is -2.19. The summed E-state index contributed by atoms with van der Waals surface area (Å²) in [4.78, 5) is 21.3. The molecule has 0 saturated heterocycles. The van der Waals surface area contributed by atoms with Crippen LogP contribution in [0.3, 0.4) is 0 Å². The van der Waals surface area contributed by atoms with E-state index in [0.29, 0.717) is 5.39 Å². The van der Waals surface area contributed by atoms with Crippen molar-refractivity contribution in [2.24, 2.45) is 0 Å². The number of imidazole rings is 1. The monoisotopic (exact) mass is 282 g/mol. The summed E-state index contributed by atoms with van der Waals surface area (Å²) in [6, 6.07) is 5.83. The lowest BCUT2D eigenvalue weighted by Crippen LogP contribution is -2.28. The van der Waals surface area contributed by atoms with Crippen LogP contribution in [0.1, 0.15) is 24.9 Å². The first-order valence-corrected chi connectivity index (χ1v) is 7.13. The Labute approximate surface area is 122 Å². The molecule has 0 aliphatic rings. The average Bonchev–Trinajstić information content (AvgIpc) is 2.99. The van der Waals surface area contributed by atoms with Gasteiger partial charge in [0.25, 0.3) is 5.56 Å². The van der Waals surface area contributed by atoms with Crippen LogP contribution in [0.4, 0.5) is 0 Å². The Balaban J connectivity index is 2.08. The van der Waals surface area contributed by atoms with Crippen LogP contribution in [-0.2, 0) is 6.54 Å². The van der Waals surface area contributed by atoms with Gasteiger partial charge in [-0.3, -0.25) is 9.36 Å². The highest BCUT2D eigenvalue weighted by Gasteiger charge is 2.14. The third-order valence-electron chi connectivity index (χ3n) is 3.87.